The molecule has 1 aromatic heterocycles. The first kappa shape index (κ1) is 19.8. The SMILES string of the molecule is Cc1ccn(-c2cccc3c2CCC3)c(=O)c1C(=O)N1CCCC2(CC1)CNC(=O)O2. The van der Waals surface area contributed by atoms with Crippen molar-refractivity contribution in [2.75, 3.05) is 19.6 Å². The van der Waals surface area contributed by atoms with Gasteiger partial charge >= 0.3 is 6.09 Å². The molecule has 3 heterocycles. The van der Waals surface area contributed by atoms with Crippen molar-refractivity contribution in [2.45, 2.75) is 51.0 Å². The fourth-order valence-corrected chi connectivity index (χ4v) is 5.21. The van der Waals surface area contributed by atoms with Gasteiger partial charge in [0.05, 0.1) is 12.2 Å². The predicted octanol–water partition coefficient (Wildman–Crippen LogP) is 2.74. The van der Waals surface area contributed by atoms with Gasteiger partial charge in [-0.15, -0.1) is 0 Å². The number of likely N-dealkylation sites (tertiary alicyclic amines) is 1. The van der Waals surface area contributed by atoms with Crippen LogP contribution in [0, 0.1) is 6.92 Å². The smallest absolute Gasteiger partial charge is 0.407 e. The Morgan fingerprint density at radius 2 is 1.97 bits per heavy atom. The summed E-state index contributed by atoms with van der Waals surface area (Å²) in [5.41, 5.74) is 3.49. The number of alkyl carbamates (subject to hydrolysis) is 1. The Balaban J connectivity index is 1.46. The van der Waals surface area contributed by atoms with E-state index < -0.39 is 11.7 Å². The summed E-state index contributed by atoms with van der Waals surface area (Å²) in [6.45, 7) is 3.30. The predicted molar refractivity (Wildman–Crippen MR) is 116 cm³/mol. The zero-order chi connectivity index (χ0) is 21.6. The normalized spacial score (nSPS) is 22.7. The molecule has 3 aliphatic rings. The third-order valence-electron chi connectivity index (χ3n) is 6.94. The van der Waals surface area contributed by atoms with Crippen LogP contribution in [-0.4, -0.2) is 46.7 Å². The molecule has 7 nitrogen and oxygen atoms in total. The van der Waals surface area contributed by atoms with Gasteiger partial charge in [0.1, 0.15) is 11.2 Å². The highest BCUT2D eigenvalue weighted by Gasteiger charge is 2.42. The number of hydrogen-bond donors (Lipinski definition) is 1. The van der Waals surface area contributed by atoms with Gasteiger partial charge in [-0.2, -0.15) is 0 Å². The first-order valence-corrected chi connectivity index (χ1v) is 11.1. The van der Waals surface area contributed by atoms with E-state index in [1.54, 1.807) is 15.7 Å². The van der Waals surface area contributed by atoms with Crippen molar-refractivity contribution in [2.24, 2.45) is 0 Å². The van der Waals surface area contributed by atoms with Gasteiger partial charge in [-0.1, -0.05) is 12.1 Å². The van der Waals surface area contributed by atoms with Crippen LogP contribution in [0.1, 0.15) is 52.7 Å². The molecule has 2 aromatic rings. The van der Waals surface area contributed by atoms with Crippen molar-refractivity contribution in [1.29, 1.82) is 0 Å². The molecule has 162 valence electrons. The molecule has 31 heavy (non-hydrogen) atoms. The Bertz CT molecular complexity index is 1120. The molecule has 2 fully saturated rings. The molecular weight excluding hydrogens is 394 g/mol. The number of rotatable bonds is 2. The van der Waals surface area contributed by atoms with Crippen LogP contribution >= 0.6 is 0 Å². The van der Waals surface area contributed by atoms with Crippen molar-refractivity contribution in [3.8, 4) is 5.69 Å². The minimum absolute atomic E-state index is 0.232. The highest BCUT2D eigenvalue weighted by atomic mass is 16.6. The van der Waals surface area contributed by atoms with Gasteiger partial charge in [-0.05, 0) is 67.9 Å². The van der Waals surface area contributed by atoms with Crippen LogP contribution in [0.25, 0.3) is 5.69 Å². The molecular formula is C24H27N3O4. The van der Waals surface area contributed by atoms with Crippen LogP contribution in [0.15, 0.2) is 35.3 Å². The number of amides is 2. The molecule has 0 saturated carbocycles. The van der Waals surface area contributed by atoms with Crippen LogP contribution in [0.3, 0.4) is 0 Å². The van der Waals surface area contributed by atoms with Crippen LogP contribution in [-0.2, 0) is 17.6 Å². The number of benzene rings is 1. The van der Waals surface area contributed by atoms with E-state index in [2.05, 4.69) is 11.4 Å². The maximum atomic E-state index is 13.5. The van der Waals surface area contributed by atoms with Crippen LogP contribution < -0.4 is 10.9 Å². The summed E-state index contributed by atoms with van der Waals surface area (Å²) in [6.07, 6.45) is 6.48. The second-order valence-electron chi connectivity index (χ2n) is 8.89. The minimum Gasteiger partial charge on any atom is -0.441 e. The van der Waals surface area contributed by atoms with Gasteiger partial charge in [-0.25, -0.2) is 4.79 Å². The molecule has 1 atom stereocenters. The molecule has 0 radical (unpaired) electrons. The van der Waals surface area contributed by atoms with E-state index >= 15 is 0 Å². The number of nitrogens with zero attached hydrogens (tertiary/aromatic N) is 2. The lowest BCUT2D eigenvalue weighted by molar-refractivity contribution is 0.0438. The van der Waals surface area contributed by atoms with Gasteiger partial charge in [0, 0.05) is 25.7 Å². The number of aromatic nitrogens is 1. The molecule has 2 amide bonds. The van der Waals surface area contributed by atoms with Crippen molar-refractivity contribution in [3.05, 3.63) is 63.1 Å². The quantitative estimate of drug-likeness (QED) is 0.809. The number of nitrogens with one attached hydrogen (secondary N) is 1. The summed E-state index contributed by atoms with van der Waals surface area (Å²) in [4.78, 5) is 40.2. The molecule has 1 aliphatic carbocycles. The summed E-state index contributed by atoms with van der Waals surface area (Å²) in [7, 11) is 0. The number of hydrogen-bond acceptors (Lipinski definition) is 4. The number of carbonyl (C=O) groups is 2. The van der Waals surface area contributed by atoms with E-state index in [4.69, 9.17) is 4.74 Å². The third-order valence-corrected chi connectivity index (χ3v) is 6.94. The Morgan fingerprint density at radius 1 is 1.10 bits per heavy atom. The topological polar surface area (TPSA) is 80.6 Å². The number of ether oxygens (including phenoxy) is 1. The maximum Gasteiger partial charge on any atom is 0.407 e. The highest BCUT2D eigenvalue weighted by Crippen LogP contribution is 2.30. The lowest BCUT2D eigenvalue weighted by Crippen LogP contribution is -2.39. The van der Waals surface area contributed by atoms with E-state index in [1.165, 1.54) is 11.1 Å². The van der Waals surface area contributed by atoms with Crippen LogP contribution in [0.2, 0.25) is 0 Å². The first-order chi connectivity index (χ1) is 15.0. The zero-order valence-electron chi connectivity index (χ0n) is 17.8. The molecule has 0 bridgehead atoms. The summed E-state index contributed by atoms with van der Waals surface area (Å²) >= 11 is 0. The molecule has 1 unspecified atom stereocenters. The average Bonchev–Trinajstić information content (AvgIpc) is 3.31. The Kier molecular flexibility index (Phi) is 4.84. The third kappa shape index (κ3) is 3.42. The largest absolute Gasteiger partial charge is 0.441 e. The Hall–Kier alpha value is -3.09. The molecule has 1 aromatic carbocycles. The molecule has 1 N–H and O–H groups in total. The van der Waals surface area contributed by atoms with Gasteiger partial charge in [0.25, 0.3) is 11.5 Å². The van der Waals surface area contributed by atoms with Crippen LogP contribution in [0.4, 0.5) is 4.79 Å². The highest BCUT2D eigenvalue weighted by molar-refractivity contribution is 5.95. The van der Waals surface area contributed by atoms with E-state index in [-0.39, 0.29) is 17.0 Å². The van der Waals surface area contributed by atoms with Crippen molar-refractivity contribution >= 4 is 12.0 Å². The zero-order valence-corrected chi connectivity index (χ0v) is 17.8. The van der Waals surface area contributed by atoms with E-state index in [1.807, 2.05) is 25.1 Å². The standard InChI is InChI=1S/C24H27N3O4/c1-16-9-13-27(19-8-3-6-17-5-2-7-18(17)19)22(29)20(16)21(28)26-12-4-10-24(11-14-26)15-25-23(30)31-24/h3,6,8-9,13H,2,4-5,7,10-12,14-15H2,1H3,(H,25,30). The molecule has 2 aliphatic heterocycles. The van der Waals surface area contributed by atoms with E-state index in [9.17, 15) is 14.4 Å². The van der Waals surface area contributed by atoms with Crippen molar-refractivity contribution in [3.63, 3.8) is 0 Å². The van der Waals surface area contributed by atoms with Crippen LogP contribution in [0.5, 0.6) is 0 Å². The number of pyridine rings is 1. The lowest BCUT2D eigenvalue weighted by atomic mass is 9.95. The second-order valence-corrected chi connectivity index (χ2v) is 8.89. The van der Waals surface area contributed by atoms with Gasteiger partial charge in [0.2, 0.25) is 0 Å². The monoisotopic (exact) mass is 421 g/mol. The fourth-order valence-electron chi connectivity index (χ4n) is 5.21. The van der Waals surface area contributed by atoms with Crippen molar-refractivity contribution < 1.29 is 14.3 Å². The lowest BCUT2D eigenvalue weighted by Gasteiger charge is -2.25. The van der Waals surface area contributed by atoms with E-state index in [0.29, 0.717) is 38.0 Å². The molecule has 2 saturated heterocycles. The number of carbonyl (C=O) groups excluding carboxylic acids is 2. The average molecular weight is 421 g/mol. The first-order valence-electron chi connectivity index (χ1n) is 11.1. The Labute approximate surface area is 181 Å². The maximum absolute atomic E-state index is 13.5. The summed E-state index contributed by atoms with van der Waals surface area (Å²) in [6, 6.07) is 7.92. The van der Waals surface area contributed by atoms with Crippen molar-refractivity contribution in [1.82, 2.24) is 14.8 Å². The summed E-state index contributed by atoms with van der Waals surface area (Å²) in [5, 5.41) is 2.73. The number of fused-ring (bicyclic) bond motifs is 1. The summed E-state index contributed by atoms with van der Waals surface area (Å²) < 4.78 is 7.15. The summed E-state index contributed by atoms with van der Waals surface area (Å²) in [5.74, 6) is -0.237. The number of aryl methyl sites for hydroxylation is 2. The van der Waals surface area contributed by atoms with Gasteiger partial charge in [0.15, 0.2) is 0 Å². The van der Waals surface area contributed by atoms with Gasteiger partial charge in [-0.3, -0.25) is 14.2 Å². The van der Waals surface area contributed by atoms with Gasteiger partial charge < -0.3 is 15.0 Å². The second kappa shape index (κ2) is 7.55. The molecule has 7 heteroatoms. The van der Waals surface area contributed by atoms with E-state index in [0.717, 1.165) is 31.4 Å². The minimum atomic E-state index is -0.539. The fraction of sp³-hybridized carbons (Fsp3) is 0.458. The molecule has 5 rings (SSSR count). The molecule has 1 spiro atoms. The Morgan fingerprint density at radius 3 is 2.77 bits per heavy atom.